The fraction of sp³-hybridized carbons (Fsp3) is 0.318. The topological polar surface area (TPSA) is 71.9 Å². The van der Waals surface area contributed by atoms with Crippen LogP contribution in [0.4, 0.5) is 4.39 Å². The highest BCUT2D eigenvalue weighted by atomic mass is 32.1. The van der Waals surface area contributed by atoms with Gasteiger partial charge in [0, 0.05) is 51.5 Å². The Labute approximate surface area is 185 Å². The van der Waals surface area contributed by atoms with Crippen LogP contribution in [0.1, 0.15) is 29.3 Å². The third kappa shape index (κ3) is 6.47. The Morgan fingerprint density at radius 2 is 2.16 bits per heavy atom. The van der Waals surface area contributed by atoms with E-state index in [1.165, 1.54) is 12.1 Å². The molecule has 0 aliphatic heterocycles. The molecule has 0 bridgehead atoms. The van der Waals surface area contributed by atoms with Crippen LogP contribution in [0.2, 0.25) is 0 Å². The predicted molar refractivity (Wildman–Crippen MR) is 120 cm³/mol. The van der Waals surface area contributed by atoms with E-state index < -0.39 is 0 Å². The molecule has 1 unspecified atom stereocenters. The Balaban J connectivity index is 1.53. The van der Waals surface area contributed by atoms with E-state index in [9.17, 15) is 4.39 Å². The molecule has 2 aromatic heterocycles. The van der Waals surface area contributed by atoms with Crippen molar-refractivity contribution in [3.8, 4) is 11.6 Å². The number of halogens is 1. The molecule has 0 fully saturated rings. The maximum Gasteiger partial charge on any atom is 0.219 e. The molecule has 3 aromatic rings. The minimum atomic E-state index is -0.351. The molecule has 7 nitrogen and oxygen atoms in total. The lowest BCUT2D eigenvalue weighted by molar-refractivity contribution is 0.119. The van der Waals surface area contributed by atoms with Crippen LogP contribution < -0.4 is 10.1 Å². The van der Waals surface area contributed by atoms with Crippen molar-refractivity contribution in [3.05, 3.63) is 70.1 Å². The van der Waals surface area contributed by atoms with E-state index in [-0.39, 0.29) is 11.9 Å². The van der Waals surface area contributed by atoms with Crippen LogP contribution in [0.15, 0.2) is 53.0 Å². The van der Waals surface area contributed by atoms with Gasteiger partial charge in [-0.2, -0.15) is 0 Å². The highest BCUT2D eigenvalue weighted by Gasteiger charge is 2.13. The number of aromatic nitrogens is 2. The van der Waals surface area contributed by atoms with E-state index in [1.807, 2.05) is 30.3 Å². The second-order valence-corrected chi connectivity index (χ2v) is 7.77. The van der Waals surface area contributed by atoms with E-state index in [0.717, 1.165) is 22.2 Å². The summed E-state index contributed by atoms with van der Waals surface area (Å²) in [4.78, 5) is 15.3. The maximum atomic E-state index is 13.3. The monoisotopic (exact) mass is 443 g/mol. The molecule has 31 heavy (non-hydrogen) atoms. The molecule has 1 N–H and O–H groups in total. The molecule has 1 atom stereocenters. The van der Waals surface area contributed by atoms with Gasteiger partial charge in [0.25, 0.3) is 0 Å². The Morgan fingerprint density at radius 1 is 1.32 bits per heavy atom. The molecule has 0 aliphatic rings. The molecule has 9 heteroatoms. The first-order valence-electron chi connectivity index (χ1n) is 9.75. The van der Waals surface area contributed by atoms with Crippen LogP contribution in [0.3, 0.4) is 0 Å². The molecule has 0 radical (unpaired) electrons. The van der Waals surface area contributed by atoms with Crippen molar-refractivity contribution in [2.24, 2.45) is 4.99 Å². The molecule has 164 valence electrons. The number of rotatable bonds is 8. The molecular weight excluding hydrogens is 417 g/mol. The molecule has 1 aromatic carbocycles. The maximum absolute atomic E-state index is 13.3. The lowest BCUT2D eigenvalue weighted by Gasteiger charge is -2.21. The van der Waals surface area contributed by atoms with Crippen molar-refractivity contribution >= 4 is 17.3 Å². The van der Waals surface area contributed by atoms with Gasteiger partial charge in [-0.15, -0.1) is 11.3 Å². The third-order valence-electron chi connectivity index (χ3n) is 4.51. The summed E-state index contributed by atoms with van der Waals surface area (Å²) in [5.41, 5.74) is 1.93. The van der Waals surface area contributed by atoms with Crippen LogP contribution in [-0.4, -0.2) is 42.0 Å². The molecular formula is C22H26FN5O2S. The number of nitrogens with one attached hydrogen (secondary N) is 1. The number of nitrogens with zero attached hydrogens (tertiary/aromatic N) is 4. The van der Waals surface area contributed by atoms with Gasteiger partial charge in [-0.3, -0.25) is 4.99 Å². The number of benzene rings is 1. The van der Waals surface area contributed by atoms with Gasteiger partial charge >= 0.3 is 0 Å². The zero-order valence-electron chi connectivity index (χ0n) is 18.0. The van der Waals surface area contributed by atoms with Crippen LogP contribution in [-0.2, 0) is 17.8 Å². The number of methoxy groups -OCH3 is 1. The van der Waals surface area contributed by atoms with Gasteiger partial charge in [-0.1, -0.05) is 12.1 Å². The van der Waals surface area contributed by atoms with Crippen LogP contribution >= 0.6 is 11.3 Å². The van der Waals surface area contributed by atoms with Crippen LogP contribution in [0.5, 0.6) is 11.6 Å². The molecule has 0 saturated heterocycles. The number of hydrogen-bond acceptors (Lipinski definition) is 6. The first-order valence-corrected chi connectivity index (χ1v) is 10.6. The smallest absolute Gasteiger partial charge is 0.219 e. The Morgan fingerprint density at radius 3 is 2.84 bits per heavy atom. The van der Waals surface area contributed by atoms with Gasteiger partial charge < -0.3 is 19.7 Å². The zero-order chi connectivity index (χ0) is 22.2. The summed E-state index contributed by atoms with van der Waals surface area (Å²) in [6.45, 7) is 3.16. The largest absolute Gasteiger partial charge is 0.439 e. The van der Waals surface area contributed by atoms with E-state index in [4.69, 9.17) is 9.47 Å². The Kier molecular flexibility index (Phi) is 7.91. The van der Waals surface area contributed by atoms with Gasteiger partial charge in [0.1, 0.15) is 22.7 Å². The van der Waals surface area contributed by atoms with E-state index in [1.54, 1.807) is 49.9 Å². The van der Waals surface area contributed by atoms with E-state index in [0.29, 0.717) is 24.7 Å². The van der Waals surface area contributed by atoms with Gasteiger partial charge in [0.15, 0.2) is 5.96 Å². The summed E-state index contributed by atoms with van der Waals surface area (Å²) in [6, 6.07) is 9.62. The number of thiazole rings is 1. The number of hydrogen-bond donors (Lipinski definition) is 1. The van der Waals surface area contributed by atoms with Gasteiger partial charge in [-0.25, -0.2) is 14.4 Å². The van der Waals surface area contributed by atoms with E-state index >= 15 is 0 Å². The summed E-state index contributed by atoms with van der Waals surface area (Å²) < 4.78 is 24.2. The molecule has 0 aliphatic carbocycles. The highest BCUT2D eigenvalue weighted by Crippen LogP contribution is 2.21. The number of guanidine groups is 1. The van der Waals surface area contributed by atoms with E-state index in [2.05, 4.69) is 20.3 Å². The second-order valence-electron chi connectivity index (χ2n) is 6.88. The number of ether oxygens (including phenoxy) is 2. The molecule has 0 amide bonds. The lowest BCUT2D eigenvalue weighted by Crippen LogP contribution is -2.38. The van der Waals surface area contributed by atoms with Crippen molar-refractivity contribution in [1.82, 2.24) is 20.2 Å². The van der Waals surface area contributed by atoms with Crippen LogP contribution in [0, 0.1) is 5.82 Å². The Hall–Kier alpha value is -3.04. The lowest BCUT2D eigenvalue weighted by atomic mass is 10.3. The van der Waals surface area contributed by atoms with Gasteiger partial charge in [0.05, 0.1) is 12.2 Å². The van der Waals surface area contributed by atoms with Crippen molar-refractivity contribution in [2.45, 2.75) is 26.1 Å². The normalized spacial score (nSPS) is 12.5. The average molecular weight is 444 g/mol. The summed E-state index contributed by atoms with van der Waals surface area (Å²) >= 11 is 1.59. The molecule has 0 saturated carbocycles. The first-order chi connectivity index (χ1) is 15.0. The van der Waals surface area contributed by atoms with Crippen LogP contribution in [0.25, 0.3) is 0 Å². The van der Waals surface area contributed by atoms with Crippen molar-refractivity contribution in [2.75, 3.05) is 21.2 Å². The number of pyridine rings is 1. The standard InChI is InChI=1S/C22H26FN5O2S/c1-15(29-4)21-27-18(14-31-21)13-28(3)22(24-2)26-12-16-8-9-20(25-11-16)30-19-7-5-6-17(23)10-19/h5-11,14-15H,12-13H2,1-4H3,(H,24,26). The third-order valence-corrected chi connectivity index (χ3v) is 5.56. The fourth-order valence-corrected chi connectivity index (χ4v) is 3.64. The summed E-state index contributed by atoms with van der Waals surface area (Å²) in [7, 11) is 5.38. The Bertz CT molecular complexity index is 1010. The SMILES string of the molecule is CN=C(NCc1ccc(Oc2cccc(F)c2)nc1)N(C)Cc1csc(C(C)OC)n1. The molecule has 0 spiro atoms. The summed E-state index contributed by atoms with van der Waals surface area (Å²) in [5, 5.41) is 6.32. The fourth-order valence-electron chi connectivity index (χ4n) is 2.79. The average Bonchev–Trinajstić information content (AvgIpc) is 3.23. The predicted octanol–water partition coefficient (Wildman–Crippen LogP) is 4.38. The molecule has 3 rings (SSSR count). The highest BCUT2D eigenvalue weighted by molar-refractivity contribution is 7.09. The van der Waals surface area contributed by atoms with Gasteiger partial charge in [-0.05, 0) is 24.6 Å². The van der Waals surface area contributed by atoms with Crippen molar-refractivity contribution in [3.63, 3.8) is 0 Å². The molecule has 2 heterocycles. The summed E-state index contributed by atoms with van der Waals surface area (Å²) in [5.74, 6) is 1.20. The summed E-state index contributed by atoms with van der Waals surface area (Å²) in [6.07, 6.45) is 1.70. The van der Waals surface area contributed by atoms with Crippen molar-refractivity contribution < 1.29 is 13.9 Å². The quantitative estimate of drug-likeness (QED) is 0.411. The first kappa shape index (κ1) is 22.6. The van der Waals surface area contributed by atoms with Crippen molar-refractivity contribution in [1.29, 1.82) is 0 Å². The minimum Gasteiger partial charge on any atom is -0.439 e. The second kappa shape index (κ2) is 10.8. The van der Waals surface area contributed by atoms with Gasteiger partial charge in [0.2, 0.25) is 5.88 Å². The number of aliphatic imine (C=N–C) groups is 1. The zero-order valence-corrected chi connectivity index (χ0v) is 18.8. The minimum absolute atomic E-state index is 0.0122.